The topological polar surface area (TPSA) is 85.1 Å². The van der Waals surface area contributed by atoms with Gasteiger partial charge in [-0.25, -0.2) is 5.84 Å². The van der Waals surface area contributed by atoms with E-state index in [9.17, 15) is 9.59 Å². The van der Waals surface area contributed by atoms with Crippen LogP contribution in [-0.4, -0.2) is 17.2 Å². The number of nitrogens with zero attached hydrogens (tertiary/aromatic N) is 1. The third-order valence-electron chi connectivity index (χ3n) is 1.52. The number of aromatic nitrogens is 1. The number of carbonyl (C=O) groups is 2. The van der Waals surface area contributed by atoms with Gasteiger partial charge in [0.15, 0.2) is 0 Å². The Morgan fingerprint density at radius 2 is 2.29 bits per heavy atom. The van der Waals surface area contributed by atoms with Gasteiger partial charge in [0, 0.05) is 12.4 Å². The Morgan fingerprint density at radius 1 is 1.50 bits per heavy atom. The summed E-state index contributed by atoms with van der Waals surface area (Å²) in [5, 5.41) is 0. The summed E-state index contributed by atoms with van der Waals surface area (Å²) in [6.07, 6.45) is 6.44. The number of pyridine rings is 1. The molecule has 1 aromatic rings. The maximum Gasteiger partial charge on any atom is 0.266 e. The van der Waals surface area contributed by atoms with Crippen LogP contribution in [0.25, 0.3) is 6.08 Å². The summed E-state index contributed by atoms with van der Waals surface area (Å²) in [6, 6.07) is 1.58. The van der Waals surface area contributed by atoms with E-state index in [4.69, 9.17) is 5.84 Å². The maximum atomic E-state index is 11.1. The van der Waals surface area contributed by atoms with Crippen LogP contribution in [0.5, 0.6) is 0 Å². The first-order chi connectivity index (χ1) is 6.77. The van der Waals surface area contributed by atoms with Crippen LogP contribution in [-0.2, 0) is 4.79 Å². The van der Waals surface area contributed by atoms with Crippen molar-refractivity contribution in [3.05, 3.63) is 35.7 Å². The lowest BCUT2D eigenvalue weighted by Crippen LogP contribution is -2.30. The molecule has 72 valence electrons. The summed E-state index contributed by atoms with van der Waals surface area (Å²) >= 11 is 0. The molecule has 0 unspecified atom stereocenters. The number of carbonyl (C=O) groups excluding carboxylic acids is 2. The molecule has 1 heterocycles. The highest BCUT2D eigenvalue weighted by molar-refractivity contribution is 5.94. The lowest BCUT2D eigenvalue weighted by atomic mass is 10.2. The molecule has 1 amide bonds. The molecule has 0 aliphatic heterocycles. The van der Waals surface area contributed by atoms with Crippen LogP contribution in [0.4, 0.5) is 0 Å². The summed E-state index contributed by atoms with van der Waals surface area (Å²) < 4.78 is 0. The van der Waals surface area contributed by atoms with Gasteiger partial charge in [0.25, 0.3) is 5.91 Å². The van der Waals surface area contributed by atoms with E-state index < -0.39 is 5.91 Å². The second-order valence-electron chi connectivity index (χ2n) is 2.48. The van der Waals surface area contributed by atoms with Crippen molar-refractivity contribution in [1.29, 1.82) is 0 Å². The van der Waals surface area contributed by atoms with Crippen molar-refractivity contribution in [3.63, 3.8) is 0 Å². The highest BCUT2D eigenvalue weighted by Crippen LogP contribution is 2.03. The second-order valence-corrected chi connectivity index (χ2v) is 2.48. The monoisotopic (exact) mass is 191 g/mol. The molecule has 0 aliphatic rings. The lowest BCUT2D eigenvalue weighted by molar-refractivity contribution is -0.104. The Bertz CT molecular complexity index is 374. The highest BCUT2D eigenvalue weighted by Gasteiger charge is 2.02. The smallest absolute Gasteiger partial charge is 0.266 e. The molecule has 14 heavy (non-hydrogen) atoms. The van der Waals surface area contributed by atoms with Crippen LogP contribution in [0.1, 0.15) is 15.9 Å². The van der Waals surface area contributed by atoms with E-state index in [0.29, 0.717) is 17.4 Å². The Hall–Kier alpha value is -2.01. The van der Waals surface area contributed by atoms with E-state index in [1.54, 1.807) is 12.1 Å². The number of hydrogen-bond donors (Lipinski definition) is 2. The number of nitrogens with one attached hydrogen (secondary N) is 1. The minimum Gasteiger partial charge on any atom is -0.299 e. The largest absolute Gasteiger partial charge is 0.299 e. The molecule has 5 nitrogen and oxygen atoms in total. The highest BCUT2D eigenvalue weighted by atomic mass is 16.2. The molecule has 0 saturated heterocycles. The van der Waals surface area contributed by atoms with Crippen molar-refractivity contribution in [1.82, 2.24) is 10.4 Å². The first-order valence-electron chi connectivity index (χ1n) is 3.85. The predicted octanol–water partition coefficient (Wildman–Crippen LogP) is -0.103. The van der Waals surface area contributed by atoms with Crippen LogP contribution in [0.2, 0.25) is 0 Å². The van der Waals surface area contributed by atoms with Crippen molar-refractivity contribution >= 4 is 18.3 Å². The minimum absolute atomic E-state index is 0.348. The number of rotatable bonds is 3. The molecule has 0 aliphatic carbocycles. The van der Waals surface area contributed by atoms with Crippen molar-refractivity contribution in [2.45, 2.75) is 0 Å². The molecule has 5 heteroatoms. The van der Waals surface area contributed by atoms with Gasteiger partial charge in [0.05, 0.1) is 5.56 Å². The van der Waals surface area contributed by atoms with Gasteiger partial charge in [-0.15, -0.1) is 0 Å². The average Bonchev–Trinajstić information content (AvgIpc) is 2.25. The number of allylic oxidation sites excluding steroid dienone is 1. The zero-order valence-electron chi connectivity index (χ0n) is 7.31. The Morgan fingerprint density at radius 3 is 2.93 bits per heavy atom. The number of hydrazine groups is 1. The van der Waals surface area contributed by atoms with Gasteiger partial charge in [-0.2, -0.15) is 0 Å². The van der Waals surface area contributed by atoms with E-state index in [1.165, 1.54) is 18.5 Å². The van der Waals surface area contributed by atoms with Crippen LogP contribution in [0.3, 0.4) is 0 Å². The molecule has 0 fully saturated rings. The zero-order valence-corrected chi connectivity index (χ0v) is 7.31. The quantitative estimate of drug-likeness (QED) is 0.229. The van der Waals surface area contributed by atoms with Gasteiger partial charge in [0.1, 0.15) is 6.29 Å². The Balaban J connectivity index is 2.94. The molecule has 0 bridgehead atoms. The molecule has 0 saturated carbocycles. The van der Waals surface area contributed by atoms with Crippen molar-refractivity contribution in [2.75, 3.05) is 0 Å². The average molecular weight is 191 g/mol. The Labute approximate surface area is 80.6 Å². The number of nitrogens with two attached hydrogens (primary N) is 1. The van der Waals surface area contributed by atoms with Crippen LogP contribution >= 0.6 is 0 Å². The normalized spacial score (nSPS) is 10.1. The number of amides is 1. The molecule has 0 atom stereocenters. The summed E-state index contributed by atoms with van der Waals surface area (Å²) in [5.41, 5.74) is 3.00. The number of aldehydes is 1. The van der Waals surface area contributed by atoms with Gasteiger partial charge in [-0.1, -0.05) is 6.08 Å². The maximum absolute atomic E-state index is 11.1. The zero-order chi connectivity index (χ0) is 10.4. The van der Waals surface area contributed by atoms with Crippen molar-refractivity contribution in [2.24, 2.45) is 5.84 Å². The predicted molar refractivity (Wildman–Crippen MR) is 51.0 cm³/mol. The van der Waals surface area contributed by atoms with Gasteiger partial charge in [-0.05, 0) is 17.7 Å². The molecule has 1 rings (SSSR count). The summed E-state index contributed by atoms with van der Waals surface area (Å²) in [6.45, 7) is 0. The van der Waals surface area contributed by atoms with Crippen LogP contribution in [0, 0.1) is 0 Å². The lowest BCUT2D eigenvalue weighted by Gasteiger charge is -1.99. The van der Waals surface area contributed by atoms with E-state index in [-0.39, 0.29) is 0 Å². The SMILES string of the molecule is NNC(=O)c1cncc(C=CC=O)c1. The van der Waals surface area contributed by atoms with Gasteiger partial charge in [0.2, 0.25) is 0 Å². The first kappa shape index (κ1) is 10.1. The third kappa shape index (κ3) is 2.49. The summed E-state index contributed by atoms with van der Waals surface area (Å²) in [7, 11) is 0. The fraction of sp³-hybridized carbons (Fsp3) is 0. The number of nitrogen functional groups attached to an aromatic ring is 1. The van der Waals surface area contributed by atoms with Crippen molar-refractivity contribution < 1.29 is 9.59 Å². The molecule has 3 N–H and O–H groups in total. The summed E-state index contributed by atoms with van der Waals surface area (Å²) in [4.78, 5) is 24.9. The standard InChI is InChI=1S/C9H9N3O2/c10-12-9(14)8-4-7(2-1-3-13)5-11-6-8/h1-6H,10H2,(H,12,14). The molecular weight excluding hydrogens is 182 g/mol. The van der Waals surface area contributed by atoms with E-state index in [2.05, 4.69) is 4.98 Å². The summed E-state index contributed by atoms with van der Waals surface area (Å²) in [5.74, 6) is 4.54. The van der Waals surface area contributed by atoms with E-state index >= 15 is 0 Å². The molecule has 0 radical (unpaired) electrons. The minimum atomic E-state index is -0.418. The van der Waals surface area contributed by atoms with E-state index in [0.717, 1.165) is 0 Å². The molecule has 1 aromatic heterocycles. The van der Waals surface area contributed by atoms with Crippen LogP contribution in [0.15, 0.2) is 24.5 Å². The third-order valence-corrected chi connectivity index (χ3v) is 1.52. The Kier molecular flexibility index (Phi) is 3.51. The molecule has 0 aromatic carbocycles. The van der Waals surface area contributed by atoms with Crippen LogP contribution < -0.4 is 11.3 Å². The fourth-order valence-corrected chi connectivity index (χ4v) is 0.907. The van der Waals surface area contributed by atoms with Gasteiger partial charge in [-0.3, -0.25) is 20.0 Å². The molecule has 0 spiro atoms. The number of hydrogen-bond acceptors (Lipinski definition) is 4. The fourth-order valence-electron chi connectivity index (χ4n) is 0.907. The first-order valence-corrected chi connectivity index (χ1v) is 3.85. The van der Waals surface area contributed by atoms with Gasteiger partial charge < -0.3 is 0 Å². The van der Waals surface area contributed by atoms with E-state index in [1.807, 2.05) is 5.43 Å². The molecular formula is C9H9N3O2. The van der Waals surface area contributed by atoms with Crippen molar-refractivity contribution in [3.8, 4) is 0 Å². The second kappa shape index (κ2) is 4.88. The van der Waals surface area contributed by atoms with Gasteiger partial charge >= 0.3 is 0 Å².